The second kappa shape index (κ2) is 14.9. The zero-order chi connectivity index (χ0) is 41.0. The van der Waals surface area contributed by atoms with Crippen molar-refractivity contribution in [2.45, 2.75) is 129 Å². The maximum atomic E-state index is 15.0. The van der Waals surface area contributed by atoms with Crippen molar-refractivity contribution in [3.05, 3.63) is 58.7 Å². The van der Waals surface area contributed by atoms with Crippen molar-refractivity contribution in [3.63, 3.8) is 0 Å². The fourth-order valence-electron chi connectivity index (χ4n) is 9.28. The Morgan fingerprint density at radius 3 is 2.11 bits per heavy atom. The number of fused-ring (bicyclic) bond motifs is 5. The number of hydrogen-bond donors (Lipinski definition) is 4. The molecule has 1 heterocycles. The molecule has 5 rings (SSSR count). The van der Waals surface area contributed by atoms with Crippen LogP contribution in [0.25, 0.3) is 0 Å². The Bertz CT molecular complexity index is 1820. The number of nitrogens with one attached hydrogen (secondary N) is 1. The lowest BCUT2D eigenvalue weighted by Crippen LogP contribution is -2.82. The highest BCUT2D eigenvalue weighted by atomic mass is 16.6. The SMILES string of the molecule is C/C=C(\C)C(=O)N[C@@H](c1ccccc1)[C@@H](O)C(=O)O[C@H]1C[C@@]2(O)C(OC(C)=O)C3[C@](C)(C(=O)[C@H](O)C(=C1C)C2(C)C)[C@@H](OC(C)=O)C[C@H]1OC[C@@]31OC(C)=O. The number of carbonyl (C=O) groups is 6. The third kappa shape index (κ3) is 6.78. The van der Waals surface area contributed by atoms with E-state index in [-0.39, 0.29) is 24.2 Å². The van der Waals surface area contributed by atoms with Crippen molar-refractivity contribution < 1.29 is 67.8 Å². The molecule has 4 N–H and O–H groups in total. The predicted octanol–water partition coefficient (Wildman–Crippen LogP) is 2.09. The minimum Gasteiger partial charge on any atom is -0.461 e. The summed E-state index contributed by atoms with van der Waals surface area (Å²) in [6.07, 6.45) is -8.50. The van der Waals surface area contributed by atoms with E-state index in [1.54, 1.807) is 64.1 Å². The summed E-state index contributed by atoms with van der Waals surface area (Å²) in [5, 5.41) is 39.6. The summed E-state index contributed by atoms with van der Waals surface area (Å²) in [7, 11) is 0. The summed E-state index contributed by atoms with van der Waals surface area (Å²) >= 11 is 0. The average molecular weight is 770 g/mol. The Kier molecular flexibility index (Phi) is 11.3. The summed E-state index contributed by atoms with van der Waals surface area (Å²) in [4.78, 5) is 80.2. The van der Waals surface area contributed by atoms with Gasteiger partial charge < -0.3 is 44.3 Å². The molecule has 2 saturated carbocycles. The second-order valence-corrected chi connectivity index (χ2v) is 15.8. The van der Waals surface area contributed by atoms with Crippen LogP contribution in [0.2, 0.25) is 0 Å². The largest absolute Gasteiger partial charge is 0.461 e. The minimum atomic E-state index is -2.31. The predicted molar refractivity (Wildman–Crippen MR) is 191 cm³/mol. The molecule has 1 aliphatic heterocycles. The van der Waals surface area contributed by atoms with Gasteiger partial charge in [-0.1, -0.05) is 50.3 Å². The van der Waals surface area contributed by atoms with Crippen molar-refractivity contribution >= 4 is 35.6 Å². The first-order chi connectivity index (χ1) is 25.6. The lowest BCUT2D eigenvalue weighted by molar-refractivity contribution is -0.347. The van der Waals surface area contributed by atoms with Crippen LogP contribution in [0, 0.1) is 16.7 Å². The van der Waals surface area contributed by atoms with E-state index in [0.29, 0.717) is 11.1 Å². The van der Waals surface area contributed by atoms with Crippen LogP contribution in [0.1, 0.15) is 86.8 Å². The Labute approximate surface area is 319 Å². The number of Topliss-reactive ketones (excluding diaryl/α,β-unsaturated/α-hetero) is 1. The number of allylic oxidation sites excluding steroid dienone is 1. The molecule has 0 aromatic heterocycles. The minimum absolute atomic E-state index is 0.0536. The number of rotatable bonds is 9. The number of ether oxygens (including phenoxy) is 5. The Hall–Kier alpha value is -4.44. The molecule has 300 valence electrons. The lowest BCUT2D eigenvalue weighted by atomic mass is 9.44. The second-order valence-electron chi connectivity index (χ2n) is 15.8. The van der Waals surface area contributed by atoms with Crippen LogP contribution in [-0.4, -0.2) is 105 Å². The Morgan fingerprint density at radius 1 is 0.964 bits per heavy atom. The van der Waals surface area contributed by atoms with E-state index in [2.05, 4.69) is 5.32 Å². The molecule has 0 radical (unpaired) electrons. The van der Waals surface area contributed by atoms with Crippen molar-refractivity contribution in [2.24, 2.45) is 16.7 Å². The smallest absolute Gasteiger partial charge is 0.338 e. The molecule has 11 atom stereocenters. The van der Waals surface area contributed by atoms with Crippen LogP contribution in [0.4, 0.5) is 0 Å². The number of hydrogen-bond acceptors (Lipinski definition) is 14. The van der Waals surface area contributed by atoms with Crippen molar-refractivity contribution in [2.75, 3.05) is 6.61 Å². The molecule has 15 heteroatoms. The van der Waals surface area contributed by atoms with Crippen LogP contribution < -0.4 is 5.32 Å². The number of ketones is 1. The maximum absolute atomic E-state index is 15.0. The first-order valence-electron chi connectivity index (χ1n) is 18.3. The zero-order valence-electron chi connectivity index (χ0n) is 32.5. The van der Waals surface area contributed by atoms with Crippen LogP contribution in [0.3, 0.4) is 0 Å². The van der Waals surface area contributed by atoms with E-state index in [1.165, 1.54) is 13.8 Å². The molecule has 3 aliphatic carbocycles. The fourth-order valence-corrected chi connectivity index (χ4v) is 9.28. The normalized spacial score (nSPS) is 34.9. The molecule has 1 aromatic rings. The van der Waals surface area contributed by atoms with Gasteiger partial charge in [0.15, 0.2) is 17.5 Å². The highest BCUT2D eigenvalue weighted by Gasteiger charge is 2.78. The van der Waals surface area contributed by atoms with Gasteiger partial charge in [0.1, 0.15) is 36.1 Å². The average Bonchev–Trinajstić information content (AvgIpc) is 3.10. The van der Waals surface area contributed by atoms with E-state index >= 15 is 4.79 Å². The summed E-state index contributed by atoms with van der Waals surface area (Å²) in [5.41, 5.74) is -6.75. The molecule has 1 aromatic carbocycles. The summed E-state index contributed by atoms with van der Waals surface area (Å²) in [6, 6.07) is 6.98. The molecule has 15 nitrogen and oxygen atoms in total. The number of aliphatic hydroxyl groups excluding tert-OH is 2. The molecule has 2 bridgehead atoms. The van der Waals surface area contributed by atoms with Gasteiger partial charge in [-0.05, 0) is 44.4 Å². The number of aliphatic hydroxyl groups is 3. The topological polar surface area (TPSA) is 221 Å². The van der Waals surface area contributed by atoms with Crippen molar-refractivity contribution in [3.8, 4) is 0 Å². The van der Waals surface area contributed by atoms with E-state index in [1.807, 2.05) is 0 Å². The molecule has 55 heavy (non-hydrogen) atoms. The van der Waals surface area contributed by atoms with Gasteiger partial charge in [-0.25, -0.2) is 4.79 Å². The molecular formula is C40H51NO14. The van der Waals surface area contributed by atoms with Crippen LogP contribution in [-0.2, 0) is 52.5 Å². The molecule has 2 unspecified atom stereocenters. The number of benzene rings is 1. The summed E-state index contributed by atoms with van der Waals surface area (Å²) < 4.78 is 29.5. The standard InChI is InChI=1S/C40H51NO14/c1-10-19(2)35(48)41-29(24-14-12-11-13-15-24)31(46)36(49)54-25-17-40(50)34(53-22(5)43)32-38(9,33(47)30(45)28(20(25)3)37(40,7)8)26(52-21(4)42)16-27-39(32,18-51-27)55-23(6)44/h10-15,25-27,29-32,34,45-46,50H,16-18H2,1-9H3,(H,41,48)/b19-10+/t25-,26-,27+,29-,30+,31+,32?,34?,38+,39-,40+/m0/s1. The molecule has 3 fully saturated rings. The van der Waals surface area contributed by atoms with E-state index in [0.717, 1.165) is 20.8 Å². The quantitative estimate of drug-likeness (QED) is 0.122. The number of amides is 1. The van der Waals surface area contributed by atoms with Gasteiger partial charge in [0, 0.05) is 44.6 Å². The summed E-state index contributed by atoms with van der Waals surface area (Å²) in [6.45, 7) is 12.3. The van der Waals surface area contributed by atoms with Crippen molar-refractivity contribution in [1.82, 2.24) is 5.32 Å². The van der Waals surface area contributed by atoms with Gasteiger partial charge in [0.05, 0.1) is 24.0 Å². The van der Waals surface area contributed by atoms with Crippen LogP contribution >= 0.6 is 0 Å². The van der Waals surface area contributed by atoms with Gasteiger partial charge in [-0.15, -0.1) is 0 Å². The molecule has 1 amide bonds. The van der Waals surface area contributed by atoms with Gasteiger partial charge in [0.25, 0.3) is 0 Å². The van der Waals surface area contributed by atoms with Gasteiger partial charge in [-0.3, -0.25) is 24.0 Å². The summed E-state index contributed by atoms with van der Waals surface area (Å²) in [5.74, 6) is -6.54. The monoisotopic (exact) mass is 769 g/mol. The first-order valence-corrected chi connectivity index (χ1v) is 18.3. The lowest BCUT2D eigenvalue weighted by Gasteiger charge is -2.67. The molecule has 1 saturated heterocycles. The number of carbonyl (C=O) groups excluding carboxylic acids is 6. The highest BCUT2D eigenvalue weighted by Crippen LogP contribution is 2.64. The third-order valence-electron chi connectivity index (χ3n) is 12.3. The van der Waals surface area contributed by atoms with Crippen molar-refractivity contribution in [1.29, 1.82) is 0 Å². The molecule has 4 aliphatic rings. The van der Waals surface area contributed by atoms with Gasteiger partial charge in [0.2, 0.25) is 5.91 Å². The van der Waals surface area contributed by atoms with E-state index in [4.69, 9.17) is 23.7 Å². The maximum Gasteiger partial charge on any atom is 0.338 e. The van der Waals surface area contributed by atoms with Crippen LogP contribution in [0.5, 0.6) is 0 Å². The third-order valence-corrected chi connectivity index (χ3v) is 12.3. The van der Waals surface area contributed by atoms with E-state index in [9.17, 15) is 39.3 Å². The van der Waals surface area contributed by atoms with E-state index < -0.39 is 113 Å². The van der Waals surface area contributed by atoms with Gasteiger partial charge >= 0.3 is 23.9 Å². The zero-order valence-corrected chi connectivity index (χ0v) is 32.5. The Morgan fingerprint density at radius 2 is 1.58 bits per heavy atom. The first kappa shape index (κ1) is 41.7. The fraction of sp³-hybridized carbons (Fsp3) is 0.600. The highest BCUT2D eigenvalue weighted by molar-refractivity contribution is 5.94. The van der Waals surface area contributed by atoms with Gasteiger partial charge in [-0.2, -0.15) is 0 Å². The van der Waals surface area contributed by atoms with Crippen LogP contribution in [0.15, 0.2) is 53.1 Å². The molecular weight excluding hydrogens is 718 g/mol. The molecule has 0 spiro atoms. The number of esters is 4. The Balaban J connectivity index is 1.68.